The van der Waals surface area contributed by atoms with Crippen molar-refractivity contribution in [1.82, 2.24) is 0 Å². The van der Waals surface area contributed by atoms with Gasteiger partial charge in [0.1, 0.15) is 23.2 Å². The van der Waals surface area contributed by atoms with Crippen LogP contribution in [0, 0.1) is 23.2 Å². The van der Waals surface area contributed by atoms with Crippen LogP contribution in [-0.4, -0.2) is 74.3 Å². The first-order chi connectivity index (χ1) is 18.5. The summed E-state index contributed by atoms with van der Waals surface area (Å²) in [7, 11) is 0. The molecule has 0 saturated carbocycles. The fourth-order valence-electron chi connectivity index (χ4n) is 9.05. The van der Waals surface area contributed by atoms with E-state index in [2.05, 4.69) is 0 Å². The fourth-order valence-corrected chi connectivity index (χ4v) is 9.05. The van der Waals surface area contributed by atoms with Crippen molar-refractivity contribution in [3.8, 4) is 0 Å². The van der Waals surface area contributed by atoms with E-state index < -0.39 is 81.5 Å². The lowest BCUT2D eigenvalue weighted by Crippen LogP contribution is -2.73. The van der Waals surface area contributed by atoms with Crippen LogP contribution in [0.3, 0.4) is 0 Å². The number of fused-ring (bicyclic) bond motifs is 4. The Morgan fingerprint density at radius 3 is 2.52 bits per heavy atom. The topological polar surface area (TPSA) is 155 Å². The standard InChI is InChI=1S/C29H34O11/c1-13(8-15-9-14(2)23(33)36-15)21(31)25(5)6-7-26-20(22(32)27(34,12-25)40-26)16-10-17-24(3,4)38-18-11-19(30)39-28(17,18)29(26,35)37-16/h8-9,13,16-18,20,34-35H,6-7,10-12H2,1-5H3/b15-8-/t13-,16-,17-,18+,20-,25-,26+,27-,28+,29-/m0/s1. The summed E-state index contributed by atoms with van der Waals surface area (Å²) in [6, 6.07) is 0. The third kappa shape index (κ3) is 2.87. The number of aliphatic hydroxyl groups is 2. The van der Waals surface area contributed by atoms with E-state index in [1.54, 1.807) is 32.9 Å². The Morgan fingerprint density at radius 1 is 1.12 bits per heavy atom. The maximum atomic E-state index is 14.0. The van der Waals surface area contributed by atoms with Crippen molar-refractivity contribution >= 4 is 23.5 Å². The number of cyclic esters (lactones) is 1. The Labute approximate surface area is 230 Å². The lowest BCUT2D eigenvalue weighted by Gasteiger charge is -2.52. The van der Waals surface area contributed by atoms with Crippen molar-refractivity contribution in [3.63, 3.8) is 0 Å². The summed E-state index contributed by atoms with van der Waals surface area (Å²) < 4.78 is 29.9. The molecule has 0 radical (unpaired) electrons. The average molecular weight is 559 g/mol. The smallest absolute Gasteiger partial charge is 0.339 e. The SMILES string of the molecule is CC1=C/C(=C/[C@H](C)C(=O)[C@@]2(C)CC[C@@]34O[C@@](O)(C2)C(=O)[C@@H]3[C@@H]2C[C@H]3C(C)(C)O[C@@H]5CC(=O)O[C@@]53[C@@]4(O)O2)OC1=O. The Morgan fingerprint density at radius 2 is 1.85 bits per heavy atom. The van der Waals surface area contributed by atoms with Gasteiger partial charge in [0.05, 0.1) is 24.0 Å². The van der Waals surface area contributed by atoms with Crippen molar-refractivity contribution in [2.24, 2.45) is 23.2 Å². The van der Waals surface area contributed by atoms with Gasteiger partial charge in [0.2, 0.25) is 23.0 Å². The molecule has 7 rings (SSSR count). The van der Waals surface area contributed by atoms with Crippen molar-refractivity contribution in [1.29, 1.82) is 0 Å². The van der Waals surface area contributed by atoms with E-state index >= 15 is 0 Å². The summed E-state index contributed by atoms with van der Waals surface area (Å²) in [6.45, 7) is 8.67. The number of Topliss-reactive ketones (excluding diaryl/α,β-unsaturated/α-hetero) is 2. The van der Waals surface area contributed by atoms with Gasteiger partial charge in [-0.15, -0.1) is 0 Å². The minimum absolute atomic E-state index is 0.00257. The first kappa shape index (κ1) is 26.5. The van der Waals surface area contributed by atoms with Crippen molar-refractivity contribution in [3.05, 3.63) is 23.5 Å². The lowest BCUT2D eigenvalue weighted by molar-refractivity contribution is -0.389. The highest BCUT2D eigenvalue weighted by Crippen LogP contribution is 2.72. The maximum absolute atomic E-state index is 14.0. The van der Waals surface area contributed by atoms with E-state index in [1.165, 1.54) is 0 Å². The van der Waals surface area contributed by atoms with Crippen LogP contribution in [0.15, 0.2) is 23.5 Å². The minimum atomic E-state index is -2.36. The number of ketones is 2. The molecule has 0 unspecified atom stereocenters. The summed E-state index contributed by atoms with van der Waals surface area (Å²) in [5.41, 5.74) is -5.00. The number of rotatable bonds is 3. The van der Waals surface area contributed by atoms with Gasteiger partial charge in [-0.3, -0.25) is 14.4 Å². The van der Waals surface area contributed by atoms with Gasteiger partial charge in [-0.1, -0.05) is 13.8 Å². The van der Waals surface area contributed by atoms with Crippen LogP contribution in [0.2, 0.25) is 0 Å². The molecule has 0 aromatic heterocycles. The molecular formula is C29H34O11. The molecule has 40 heavy (non-hydrogen) atoms. The molecule has 0 aromatic rings. The Balaban J connectivity index is 1.28. The third-order valence-corrected chi connectivity index (χ3v) is 10.7. The van der Waals surface area contributed by atoms with Crippen LogP contribution >= 0.6 is 0 Å². The third-order valence-electron chi connectivity index (χ3n) is 10.7. The van der Waals surface area contributed by atoms with Gasteiger partial charge in [-0.2, -0.15) is 0 Å². The molecule has 0 amide bonds. The van der Waals surface area contributed by atoms with Crippen LogP contribution in [0.1, 0.15) is 66.7 Å². The zero-order valence-electron chi connectivity index (χ0n) is 23.1. The molecule has 4 bridgehead atoms. The largest absolute Gasteiger partial charge is 0.450 e. The Hall–Kier alpha value is -2.44. The molecule has 6 fully saturated rings. The second-order valence-corrected chi connectivity index (χ2v) is 13.6. The lowest BCUT2D eigenvalue weighted by atomic mass is 9.63. The molecule has 11 nitrogen and oxygen atoms in total. The van der Waals surface area contributed by atoms with Gasteiger partial charge in [0.25, 0.3) is 0 Å². The molecule has 2 spiro atoms. The first-order valence-electron chi connectivity index (χ1n) is 14.0. The molecule has 6 saturated heterocycles. The van der Waals surface area contributed by atoms with Crippen molar-refractivity contribution in [2.45, 2.75) is 107 Å². The van der Waals surface area contributed by atoms with Crippen LogP contribution in [0.5, 0.6) is 0 Å². The zero-order chi connectivity index (χ0) is 28.8. The van der Waals surface area contributed by atoms with Crippen molar-refractivity contribution in [2.75, 3.05) is 0 Å². The predicted molar refractivity (Wildman–Crippen MR) is 132 cm³/mol. The minimum Gasteiger partial charge on any atom is -0.450 e. The second-order valence-electron chi connectivity index (χ2n) is 13.6. The average Bonchev–Trinajstić information content (AvgIpc) is 3.50. The van der Waals surface area contributed by atoms with E-state index in [1.807, 2.05) is 13.8 Å². The molecule has 11 heteroatoms. The van der Waals surface area contributed by atoms with Gasteiger partial charge in [-0.25, -0.2) is 4.79 Å². The Kier molecular flexibility index (Phi) is 4.95. The Bertz CT molecular complexity index is 1350. The molecule has 10 atom stereocenters. The molecule has 7 heterocycles. The highest BCUT2D eigenvalue weighted by Gasteiger charge is 2.91. The van der Waals surface area contributed by atoms with Crippen LogP contribution in [0.25, 0.3) is 0 Å². The molecule has 0 aliphatic carbocycles. The molecule has 0 aromatic carbocycles. The van der Waals surface area contributed by atoms with Gasteiger partial charge in [0, 0.05) is 29.2 Å². The zero-order valence-corrected chi connectivity index (χ0v) is 23.1. The number of ether oxygens (including phenoxy) is 5. The monoisotopic (exact) mass is 558 g/mol. The van der Waals surface area contributed by atoms with Crippen LogP contribution in [-0.2, 0) is 42.9 Å². The van der Waals surface area contributed by atoms with Crippen molar-refractivity contribution < 1.29 is 53.1 Å². The highest BCUT2D eigenvalue weighted by molar-refractivity contribution is 5.96. The van der Waals surface area contributed by atoms with Crippen LogP contribution < -0.4 is 0 Å². The number of carbonyl (C=O) groups is 4. The fraction of sp³-hybridized carbons (Fsp3) is 0.724. The maximum Gasteiger partial charge on any atom is 0.339 e. The summed E-state index contributed by atoms with van der Waals surface area (Å²) in [6.07, 6.45) is 1.49. The summed E-state index contributed by atoms with van der Waals surface area (Å²) >= 11 is 0. The van der Waals surface area contributed by atoms with E-state index in [0.29, 0.717) is 5.57 Å². The second kappa shape index (κ2) is 7.49. The molecular weight excluding hydrogens is 524 g/mol. The van der Waals surface area contributed by atoms with Gasteiger partial charge in [0.15, 0.2) is 0 Å². The predicted octanol–water partition coefficient (Wildman–Crippen LogP) is 1.38. The molecule has 216 valence electrons. The van der Waals surface area contributed by atoms with Gasteiger partial charge < -0.3 is 33.9 Å². The molecule has 2 N–H and O–H groups in total. The number of hydrogen-bond donors (Lipinski definition) is 2. The number of allylic oxidation sites excluding steroid dienone is 2. The first-order valence-corrected chi connectivity index (χ1v) is 14.0. The number of carbonyl (C=O) groups excluding carboxylic acids is 4. The quantitative estimate of drug-likeness (QED) is 0.483. The van der Waals surface area contributed by atoms with E-state index in [-0.39, 0.29) is 43.6 Å². The number of esters is 2. The normalized spacial score (nSPS) is 51.5. The molecule has 7 aliphatic rings. The highest BCUT2D eigenvalue weighted by atomic mass is 16.7. The summed E-state index contributed by atoms with van der Waals surface area (Å²) in [5, 5.41) is 24.3. The molecule has 7 aliphatic heterocycles. The number of hydrogen-bond acceptors (Lipinski definition) is 11. The van der Waals surface area contributed by atoms with Crippen LogP contribution in [0.4, 0.5) is 0 Å². The van der Waals surface area contributed by atoms with E-state index in [0.717, 1.165) is 0 Å². The summed E-state index contributed by atoms with van der Waals surface area (Å²) in [4.78, 5) is 52.3. The summed E-state index contributed by atoms with van der Waals surface area (Å²) in [5.74, 6) is -8.54. The van der Waals surface area contributed by atoms with E-state index in [4.69, 9.17) is 23.7 Å². The van der Waals surface area contributed by atoms with E-state index in [9.17, 15) is 29.4 Å². The van der Waals surface area contributed by atoms with Gasteiger partial charge in [-0.05, 0) is 52.2 Å². The van der Waals surface area contributed by atoms with Gasteiger partial charge >= 0.3 is 11.9 Å².